The molecular weight excluding hydrogens is 283 g/mol. The topological polar surface area (TPSA) is 29.3 Å². The van der Waals surface area contributed by atoms with Crippen LogP contribution in [0.4, 0.5) is 21.5 Å². The molecule has 2 aromatic carbocycles. The maximum Gasteiger partial charge on any atom is 0.123 e. The van der Waals surface area contributed by atoms with Crippen LogP contribution in [0, 0.1) is 5.82 Å². The summed E-state index contributed by atoms with van der Waals surface area (Å²) in [4.78, 5) is 1.96. The van der Waals surface area contributed by atoms with Gasteiger partial charge in [0.05, 0.1) is 5.69 Å². The molecule has 2 rings (SSSR count). The first-order valence-corrected chi connectivity index (χ1v) is 5.91. The summed E-state index contributed by atoms with van der Waals surface area (Å²) in [5.74, 6) is -0.237. The monoisotopic (exact) mass is 294 g/mol. The van der Waals surface area contributed by atoms with Gasteiger partial charge in [0, 0.05) is 22.9 Å². The van der Waals surface area contributed by atoms with E-state index in [4.69, 9.17) is 5.73 Å². The van der Waals surface area contributed by atoms with Crippen LogP contribution < -0.4 is 10.6 Å². The second-order valence-corrected chi connectivity index (χ2v) is 4.60. The average Bonchev–Trinajstić information content (AvgIpc) is 2.29. The molecular formula is C13H12BrFN2. The van der Waals surface area contributed by atoms with E-state index >= 15 is 0 Å². The summed E-state index contributed by atoms with van der Waals surface area (Å²) in [6.07, 6.45) is 0. The van der Waals surface area contributed by atoms with Crippen molar-refractivity contribution < 1.29 is 4.39 Å². The second kappa shape index (κ2) is 4.75. The quantitative estimate of drug-likeness (QED) is 0.850. The molecule has 0 bridgehead atoms. The van der Waals surface area contributed by atoms with Gasteiger partial charge in [0.15, 0.2) is 0 Å². The highest BCUT2D eigenvalue weighted by Crippen LogP contribution is 2.32. The van der Waals surface area contributed by atoms with Crippen LogP contribution in [-0.2, 0) is 0 Å². The summed E-state index contributed by atoms with van der Waals surface area (Å²) in [5.41, 5.74) is 8.28. The number of hydrogen-bond donors (Lipinski definition) is 1. The van der Waals surface area contributed by atoms with E-state index in [0.29, 0.717) is 5.69 Å². The number of hydrogen-bond acceptors (Lipinski definition) is 2. The molecule has 0 fully saturated rings. The summed E-state index contributed by atoms with van der Waals surface area (Å²) < 4.78 is 13.7. The lowest BCUT2D eigenvalue weighted by atomic mass is 10.2. The average molecular weight is 295 g/mol. The van der Waals surface area contributed by atoms with Crippen molar-refractivity contribution >= 4 is 33.0 Å². The van der Waals surface area contributed by atoms with Crippen LogP contribution in [0.15, 0.2) is 46.9 Å². The normalized spacial score (nSPS) is 10.3. The first kappa shape index (κ1) is 11.9. The third kappa shape index (κ3) is 2.58. The number of nitrogen functional groups attached to an aromatic ring is 1. The minimum atomic E-state index is -0.237. The summed E-state index contributed by atoms with van der Waals surface area (Å²) >= 11 is 3.46. The summed E-state index contributed by atoms with van der Waals surface area (Å²) in [6, 6.07) is 11.9. The maximum atomic E-state index is 12.8. The molecule has 0 aliphatic heterocycles. The molecule has 2 aromatic rings. The van der Waals surface area contributed by atoms with E-state index in [9.17, 15) is 4.39 Å². The van der Waals surface area contributed by atoms with Crippen LogP contribution in [0.2, 0.25) is 0 Å². The van der Waals surface area contributed by atoms with E-state index in [1.165, 1.54) is 12.1 Å². The third-order valence-electron chi connectivity index (χ3n) is 2.55. The fourth-order valence-corrected chi connectivity index (χ4v) is 2.26. The third-order valence-corrected chi connectivity index (χ3v) is 3.18. The SMILES string of the molecule is CN(c1ccc(F)cc1)c1ccc(N)cc1Br. The van der Waals surface area contributed by atoms with Gasteiger partial charge in [0.1, 0.15) is 5.82 Å². The van der Waals surface area contributed by atoms with Crippen LogP contribution in [0.5, 0.6) is 0 Å². The molecule has 2 nitrogen and oxygen atoms in total. The zero-order chi connectivity index (χ0) is 12.4. The van der Waals surface area contributed by atoms with Crippen molar-refractivity contribution in [3.8, 4) is 0 Å². The number of nitrogens with two attached hydrogens (primary N) is 1. The molecule has 4 heteroatoms. The molecule has 17 heavy (non-hydrogen) atoms. The first-order valence-electron chi connectivity index (χ1n) is 5.12. The van der Waals surface area contributed by atoms with Gasteiger partial charge >= 0.3 is 0 Å². The Balaban J connectivity index is 2.36. The molecule has 2 N–H and O–H groups in total. The van der Waals surface area contributed by atoms with Crippen molar-refractivity contribution in [1.82, 2.24) is 0 Å². The Morgan fingerprint density at radius 3 is 2.35 bits per heavy atom. The molecule has 0 aliphatic rings. The molecule has 0 unspecified atom stereocenters. The lowest BCUT2D eigenvalue weighted by molar-refractivity contribution is 0.628. The van der Waals surface area contributed by atoms with E-state index in [0.717, 1.165) is 15.8 Å². The molecule has 0 saturated carbocycles. The Bertz CT molecular complexity index is 525. The Hall–Kier alpha value is -1.55. The number of rotatable bonds is 2. The van der Waals surface area contributed by atoms with Crippen LogP contribution in [0.1, 0.15) is 0 Å². The molecule has 0 radical (unpaired) electrons. The largest absolute Gasteiger partial charge is 0.399 e. The predicted octanol–water partition coefficient (Wildman–Crippen LogP) is 3.94. The maximum absolute atomic E-state index is 12.8. The number of nitrogens with zero attached hydrogens (tertiary/aromatic N) is 1. The van der Waals surface area contributed by atoms with Gasteiger partial charge in [0.25, 0.3) is 0 Å². The first-order chi connectivity index (χ1) is 8.08. The number of anilines is 3. The molecule has 88 valence electrons. The minimum Gasteiger partial charge on any atom is -0.399 e. The molecule has 0 atom stereocenters. The van der Waals surface area contributed by atoms with E-state index in [-0.39, 0.29) is 5.82 Å². The molecule has 0 aromatic heterocycles. The fraction of sp³-hybridized carbons (Fsp3) is 0.0769. The van der Waals surface area contributed by atoms with Crippen molar-refractivity contribution in [3.63, 3.8) is 0 Å². The highest BCUT2D eigenvalue weighted by molar-refractivity contribution is 9.10. The van der Waals surface area contributed by atoms with Gasteiger partial charge in [-0.2, -0.15) is 0 Å². The number of halogens is 2. The lowest BCUT2D eigenvalue weighted by Crippen LogP contribution is -2.10. The van der Waals surface area contributed by atoms with Crippen LogP contribution in [0.25, 0.3) is 0 Å². The summed E-state index contributed by atoms with van der Waals surface area (Å²) in [6.45, 7) is 0. The van der Waals surface area contributed by atoms with E-state index in [1.54, 1.807) is 12.1 Å². The van der Waals surface area contributed by atoms with Gasteiger partial charge in [-0.3, -0.25) is 0 Å². The van der Waals surface area contributed by atoms with E-state index < -0.39 is 0 Å². The summed E-state index contributed by atoms with van der Waals surface area (Å²) in [5, 5.41) is 0. The molecule has 0 saturated heterocycles. The van der Waals surface area contributed by atoms with Crippen molar-refractivity contribution in [2.75, 3.05) is 17.7 Å². The van der Waals surface area contributed by atoms with Crippen LogP contribution in [0.3, 0.4) is 0 Å². The Morgan fingerprint density at radius 1 is 1.12 bits per heavy atom. The Labute approximate surface area is 108 Å². The molecule has 0 aliphatic carbocycles. The minimum absolute atomic E-state index is 0.237. The van der Waals surface area contributed by atoms with Crippen LogP contribution >= 0.6 is 15.9 Å². The number of benzene rings is 2. The molecule has 0 amide bonds. The van der Waals surface area contributed by atoms with Crippen molar-refractivity contribution in [2.24, 2.45) is 0 Å². The zero-order valence-electron chi connectivity index (χ0n) is 9.32. The predicted molar refractivity (Wildman–Crippen MR) is 73.0 cm³/mol. The van der Waals surface area contributed by atoms with Gasteiger partial charge in [-0.1, -0.05) is 0 Å². The fourth-order valence-electron chi connectivity index (χ4n) is 1.60. The van der Waals surface area contributed by atoms with Gasteiger partial charge in [-0.15, -0.1) is 0 Å². The molecule has 0 heterocycles. The second-order valence-electron chi connectivity index (χ2n) is 3.75. The standard InChI is InChI=1S/C13H12BrFN2/c1-17(11-5-2-9(15)3-6-11)13-7-4-10(16)8-12(13)14/h2-8H,16H2,1H3. The van der Waals surface area contributed by atoms with Gasteiger partial charge in [-0.25, -0.2) is 4.39 Å². The van der Waals surface area contributed by atoms with Crippen molar-refractivity contribution in [1.29, 1.82) is 0 Å². The van der Waals surface area contributed by atoms with Crippen LogP contribution in [-0.4, -0.2) is 7.05 Å². The lowest BCUT2D eigenvalue weighted by Gasteiger charge is -2.21. The molecule has 0 spiro atoms. The zero-order valence-corrected chi connectivity index (χ0v) is 10.9. The highest BCUT2D eigenvalue weighted by Gasteiger charge is 2.08. The summed E-state index contributed by atoms with van der Waals surface area (Å²) in [7, 11) is 1.92. The smallest absolute Gasteiger partial charge is 0.123 e. The highest BCUT2D eigenvalue weighted by atomic mass is 79.9. The Morgan fingerprint density at radius 2 is 1.76 bits per heavy atom. The Kier molecular flexibility index (Phi) is 3.33. The van der Waals surface area contributed by atoms with Gasteiger partial charge in [0.2, 0.25) is 0 Å². The van der Waals surface area contributed by atoms with Crippen molar-refractivity contribution in [3.05, 3.63) is 52.8 Å². The van der Waals surface area contributed by atoms with E-state index in [1.807, 2.05) is 30.1 Å². The van der Waals surface area contributed by atoms with Crippen molar-refractivity contribution in [2.45, 2.75) is 0 Å². The van der Waals surface area contributed by atoms with E-state index in [2.05, 4.69) is 15.9 Å². The van der Waals surface area contributed by atoms with Gasteiger partial charge in [-0.05, 0) is 58.4 Å². The van der Waals surface area contributed by atoms with Gasteiger partial charge < -0.3 is 10.6 Å².